The number of nitrogens with zero attached hydrogens (tertiary/aromatic N) is 4. The molecule has 0 saturated carbocycles. The number of nitrogen functional groups attached to an aromatic ring is 1. The quantitative estimate of drug-likeness (QED) is 0.372. The van der Waals surface area contributed by atoms with Gasteiger partial charge in [-0.15, -0.1) is 0 Å². The first-order chi connectivity index (χ1) is 17.4. The molecule has 5 atom stereocenters. The first-order valence-corrected chi connectivity index (χ1v) is 13.1. The van der Waals surface area contributed by atoms with E-state index in [1.54, 1.807) is 43.4 Å². The largest absolute Gasteiger partial charge is 0.467 e. The molecule has 13 nitrogen and oxygen atoms in total. The lowest BCUT2D eigenvalue weighted by atomic mass is 10.1. The van der Waals surface area contributed by atoms with Crippen molar-refractivity contribution in [2.24, 2.45) is 0 Å². The second-order valence-electron chi connectivity index (χ2n) is 10.3. The van der Waals surface area contributed by atoms with Gasteiger partial charge in [0.05, 0.1) is 19.5 Å². The number of ether oxygens (including phenoxy) is 5. The van der Waals surface area contributed by atoms with E-state index >= 15 is 0 Å². The van der Waals surface area contributed by atoms with Crippen molar-refractivity contribution in [3.63, 3.8) is 0 Å². The van der Waals surface area contributed by atoms with Crippen LogP contribution in [0.25, 0.3) is 11.2 Å². The normalized spacial score (nSPS) is 25.6. The van der Waals surface area contributed by atoms with Crippen molar-refractivity contribution in [3.05, 3.63) is 12.7 Å². The van der Waals surface area contributed by atoms with Gasteiger partial charge in [-0.1, -0.05) is 0 Å². The molecule has 0 bridgehead atoms. The summed E-state index contributed by atoms with van der Waals surface area (Å²) in [4.78, 5) is 37.0. The number of nitrogens with one attached hydrogen (secondary N) is 1. The number of aromatic nitrogens is 4. The number of anilines is 1. The highest BCUT2D eigenvalue weighted by molar-refractivity contribution is 7.99. The first-order valence-electron chi connectivity index (χ1n) is 12.0. The van der Waals surface area contributed by atoms with Crippen LogP contribution in [-0.4, -0.2) is 85.9 Å². The van der Waals surface area contributed by atoms with Gasteiger partial charge in [-0.3, -0.25) is 4.57 Å². The average Bonchev–Trinajstić information content (AvgIpc) is 3.45. The smallest absolute Gasteiger partial charge is 0.408 e. The zero-order chi connectivity index (χ0) is 27.0. The van der Waals surface area contributed by atoms with E-state index in [4.69, 9.17) is 29.4 Å². The summed E-state index contributed by atoms with van der Waals surface area (Å²) in [6.45, 7) is 8.98. The van der Waals surface area contributed by atoms with Gasteiger partial charge in [0.15, 0.2) is 23.5 Å². The van der Waals surface area contributed by atoms with Crippen LogP contribution < -0.4 is 11.1 Å². The number of nitrogens with two attached hydrogens (primary N) is 1. The highest BCUT2D eigenvalue weighted by Crippen LogP contribution is 2.44. The molecule has 2 aromatic heterocycles. The number of amides is 1. The zero-order valence-electron chi connectivity index (χ0n) is 21.8. The predicted octanol–water partition coefficient (Wildman–Crippen LogP) is 2.02. The fourth-order valence-corrected chi connectivity index (χ4v) is 5.38. The van der Waals surface area contributed by atoms with Gasteiger partial charge in [-0.25, -0.2) is 24.5 Å². The number of carbonyl (C=O) groups is 2. The Morgan fingerprint density at radius 1 is 1.24 bits per heavy atom. The topological polar surface area (TPSA) is 162 Å². The number of imidazole rings is 1. The van der Waals surface area contributed by atoms with Gasteiger partial charge in [0, 0.05) is 5.75 Å². The lowest BCUT2D eigenvalue weighted by Gasteiger charge is -2.25. The molecule has 4 heterocycles. The van der Waals surface area contributed by atoms with Crippen molar-refractivity contribution < 1.29 is 33.3 Å². The lowest BCUT2D eigenvalue weighted by Crippen LogP contribution is -2.44. The second-order valence-corrected chi connectivity index (χ2v) is 11.4. The maximum Gasteiger partial charge on any atom is 0.408 e. The van der Waals surface area contributed by atoms with Gasteiger partial charge in [0.1, 0.15) is 35.7 Å². The Bertz CT molecular complexity index is 1140. The number of thioether (sulfide) groups is 1. The van der Waals surface area contributed by atoms with E-state index in [2.05, 4.69) is 20.3 Å². The maximum atomic E-state index is 12.2. The monoisotopic (exact) mass is 538 g/mol. The predicted molar refractivity (Wildman–Crippen MR) is 135 cm³/mol. The molecule has 1 amide bonds. The molecule has 2 fully saturated rings. The number of hydrogen-bond acceptors (Lipinski definition) is 12. The zero-order valence-corrected chi connectivity index (χ0v) is 22.6. The van der Waals surface area contributed by atoms with Gasteiger partial charge in [0.2, 0.25) is 0 Å². The van der Waals surface area contributed by atoms with E-state index in [-0.39, 0.29) is 24.1 Å². The van der Waals surface area contributed by atoms with Crippen LogP contribution >= 0.6 is 11.8 Å². The third kappa shape index (κ3) is 6.25. The summed E-state index contributed by atoms with van der Waals surface area (Å²) in [5.74, 6) is 0.0966. The fourth-order valence-electron chi connectivity index (χ4n) is 4.32. The molecule has 2 aliphatic heterocycles. The Hall–Kier alpha value is -2.68. The van der Waals surface area contributed by atoms with Gasteiger partial charge >= 0.3 is 12.1 Å². The molecule has 3 N–H and O–H groups in total. The molecule has 2 aliphatic rings. The van der Waals surface area contributed by atoms with Crippen molar-refractivity contribution in [2.75, 3.05) is 24.3 Å². The fraction of sp³-hybridized carbons (Fsp3) is 0.696. The summed E-state index contributed by atoms with van der Waals surface area (Å²) in [6.07, 6.45) is 1.16. The molecule has 204 valence electrons. The molecule has 2 saturated heterocycles. The van der Waals surface area contributed by atoms with Crippen molar-refractivity contribution in [1.82, 2.24) is 24.8 Å². The Morgan fingerprint density at radius 3 is 2.68 bits per heavy atom. The minimum absolute atomic E-state index is 0.287. The van der Waals surface area contributed by atoms with Crippen molar-refractivity contribution >= 4 is 40.8 Å². The molecule has 0 spiro atoms. The van der Waals surface area contributed by atoms with Crippen LogP contribution in [0.5, 0.6) is 0 Å². The Balaban J connectivity index is 1.39. The van der Waals surface area contributed by atoms with E-state index in [1.165, 1.54) is 13.4 Å². The summed E-state index contributed by atoms with van der Waals surface area (Å²) in [5, 5.41) is 2.59. The van der Waals surface area contributed by atoms with E-state index in [1.807, 2.05) is 13.8 Å². The number of carbonyl (C=O) groups excluding carboxylic acids is 2. The minimum Gasteiger partial charge on any atom is -0.467 e. The molecule has 4 rings (SSSR count). The summed E-state index contributed by atoms with van der Waals surface area (Å²) in [6, 6.07) is -0.829. The van der Waals surface area contributed by atoms with Crippen LogP contribution in [0.2, 0.25) is 0 Å². The number of esters is 1. The van der Waals surface area contributed by atoms with Gasteiger partial charge in [0.25, 0.3) is 0 Å². The van der Waals surface area contributed by atoms with Crippen molar-refractivity contribution in [3.8, 4) is 0 Å². The number of fused-ring (bicyclic) bond motifs is 2. The van der Waals surface area contributed by atoms with E-state index < -0.39 is 35.7 Å². The molecule has 1 unspecified atom stereocenters. The van der Waals surface area contributed by atoms with Crippen LogP contribution in [0.1, 0.15) is 47.3 Å². The average molecular weight is 539 g/mol. The first kappa shape index (κ1) is 27.4. The van der Waals surface area contributed by atoms with Crippen LogP contribution in [0.3, 0.4) is 0 Å². The molecular weight excluding hydrogens is 504 g/mol. The highest BCUT2D eigenvalue weighted by atomic mass is 32.2. The third-order valence-corrected chi connectivity index (χ3v) is 6.88. The minimum atomic E-state index is -0.829. The Morgan fingerprint density at radius 2 is 1.97 bits per heavy atom. The van der Waals surface area contributed by atoms with Crippen LogP contribution in [-0.2, 0) is 28.5 Å². The Labute approximate surface area is 219 Å². The summed E-state index contributed by atoms with van der Waals surface area (Å²) >= 11 is 1.57. The highest BCUT2D eigenvalue weighted by Gasteiger charge is 2.56. The van der Waals surface area contributed by atoms with E-state index in [0.29, 0.717) is 29.1 Å². The molecule has 2 aromatic rings. The summed E-state index contributed by atoms with van der Waals surface area (Å²) in [5.41, 5.74) is 6.31. The number of rotatable bonds is 8. The molecule has 0 radical (unpaired) electrons. The van der Waals surface area contributed by atoms with Gasteiger partial charge in [-0.2, -0.15) is 11.8 Å². The maximum absolute atomic E-state index is 12.2. The second kappa shape index (κ2) is 10.6. The summed E-state index contributed by atoms with van der Waals surface area (Å²) in [7, 11) is 1.28. The SMILES string of the molecule is COC(=O)C(CCSC[C@H]1O[C@@H](n2cnc3c(N)ncnc32)[C@@H]2OC(C)(C)O[C@H]21)NC(=O)OC(C)(C)C. The van der Waals surface area contributed by atoms with E-state index in [9.17, 15) is 9.59 Å². The standard InChI is InChI=1S/C23H34N6O7S/c1-22(2,3)36-21(31)28-12(20(30)32-6)7-8-37-9-13-15-16(35-23(4,5)34-15)19(33-13)29-11-27-14-17(24)25-10-26-18(14)29/h10-13,15-16,19H,7-9H2,1-6H3,(H,28,31)(H2,24,25,26)/t12?,13-,15+,16-,19-/m1/s1. The van der Waals surface area contributed by atoms with Gasteiger partial charge in [-0.05, 0) is 46.8 Å². The van der Waals surface area contributed by atoms with Crippen LogP contribution in [0, 0.1) is 0 Å². The van der Waals surface area contributed by atoms with E-state index in [0.717, 1.165) is 0 Å². The van der Waals surface area contributed by atoms with Crippen LogP contribution in [0.4, 0.5) is 10.6 Å². The molecular formula is C23H34N6O7S. The van der Waals surface area contributed by atoms with Crippen molar-refractivity contribution in [2.45, 2.75) is 83.0 Å². The van der Waals surface area contributed by atoms with Crippen molar-refractivity contribution in [1.29, 1.82) is 0 Å². The lowest BCUT2D eigenvalue weighted by molar-refractivity contribution is -0.193. The molecule has 37 heavy (non-hydrogen) atoms. The van der Waals surface area contributed by atoms with Gasteiger partial charge < -0.3 is 34.7 Å². The molecule has 0 aromatic carbocycles. The molecule has 14 heteroatoms. The van der Waals surface area contributed by atoms with Crippen LogP contribution in [0.15, 0.2) is 12.7 Å². The molecule has 0 aliphatic carbocycles. The number of methoxy groups -OCH3 is 1. The number of alkyl carbamates (subject to hydrolysis) is 1. The third-order valence-electron chi connectivity index (χ3n) is 5.80. The number of hydrogen-bond donors (Lipinski definition) is 2. The Kier molecular flexibility index (Phi) is 7.83. The summed E-state index contributed by atoms with van der Waals surface area (Å²) < 4.78 is 30.6.